The summed E-state index contributed by atoms with van der Waals surface area (Å²) >= 11 is 1.84. The van der Waals surface area contributed by atoms with Crippen molar-refractivity contribution in [3.63, 3.8) is 0 Å². The van der Waals surface area contributed by atoms with E-state index in [1.54, 1.807) is 0 Å². The van der Waals surface area contributed by atoms with E-state index in [9.17, 15) is 0 Å². The van der Waals surface area contributed by atoms with Crippen LogP contribution < -0.4 is 9.06 Å². The maximum atomic E-state index is 8.83. The summed E-state index contributed by atoms with van der Waals surface area (Å²) in [6.07, 6.45) is 2.11. The zero-order chi connectivity index (χ0) is 12.3. The number of fused-ring (bicyclic) bond motifs is 1. The number of aryl methyl sites for hydroxylation is 2. The van der Waals surface area contributed by atoms with Gasteiger partial charge in [0, 0.05) is 19.1 Å². The first-order valence-electron chi connectivity index (χ1n) is 4.31. The van der Waals surface area contributed by atoms with Gasteiger partial charge in [0.15, 0.2) is 11.9 Å². The van der Waals surface area contributed by atoms with Gasteiger partial charge in [0.2, 0.25) is 0 Å². The van der Waals surface area contributed by atoms with Crippen LogP contribution in [-0.2, 0) is 0 Å². The quantitative estimate of drug-likeness (QED) is 0.547. The van der Waals surface area contributed by atoms with Crippen molar-refractivity contribution in [1.29, 1.82) is 0 Å². The second-order valence-electron chi connectivity index (χ2n) is 3.09. The van der Waals surface area contributed by atoms with Crippen molar-refractivity contribution in [3.05, 3.63) is 35.0 Å². The average molecular weight is 267 g/mol. The van der Waals surface area contributed by atoms with E-state index in [0.717, 1.165) is 0 Å². The van der Waals surface area contributed by atoms with Crippen LogP contribution in [0.1, 0.15) is 10.6 Å². The Morgan fingerprint density at radius 3 is 2.31 bits per heavy atom. The summed E-state index contributed by atoms with van der Waals surface area (Å²) in [6, 6.07) is 6.28. The average Bonchev–Trinajstić information content (AvgIpc) is 2.41. The molecule has 2 heterocycles. The van der Waals surface area contributed by atoms with Gasteiger partial charge < -0.3 is 0 Å². The minimum absolute atomic E-state index is 1.32. The van der Waals surface area contributed by atoms with E-state index < -0.39 is 10.2 Å². The van der Waals surface area contributed by atoms with Crippen LogP contribution in [0.3, 0.4) is 0 Å². The van der Waals surface area contributed by atoms with Gasteiger partial charge >= 0.3 is 28.9 Å². The molecule has 0 unspecified atom stereocenters. The second kappa shape index (κ2) is 5.05. The first kappa shape index (κ1) is 13.3. The molecule has 3 N–H and O–H groups in total. The van der Waals surface area contributed by atoms with Gasteiger partial charge in [-0.1, -0.05) is 11.3 Å². The summed E-state index contributed by atoms with van der Waals surface area (Å²) in [5, 5.41) is 0. The van der Waals surface area contributed by atoms with Crippen LogP contribution in [0.2, 0.25) is 0 Å². The van der Waals surface area contributed by atoms with Crippen molar-refractivity contribution >= 4 is 16.2 Å². The van der Waals surface area contributed by atoms with Gasteiger partial charge in [-0.3, -0.25) is 0 Å². The van der Waals surface area contributed by atoms with Gasteiger partial charge in [0.1, 0.15) is 0 Å². The van der Waals surface area contributed by atoms with Gasteiger partial charge in [0.25, 0.3) is 4.83 Å². The third kappa shape index (κ3) is 4.01. The number of halogens is 1. The van der Waals surface area contributed by atoms with Gasteiger partial charge in [0.05, 0.1) is 4.88 Å². The van der Waals surface area contributed by atoms with Crippen molar-refractivity contribution in [2.45, 2.75) is 13.8 Å². The number of pyridine rings is 1. The fourth-order valence-corrected chi connectivity index (χ4v) is 2.19. The molecular formula is C9H13ClNO4S+. The molecule has 2 aromatic heterocycles. The third-order valence-electron chi connectivity index (χ3n) is 1.95. The molecule has 0 fully saturated rings. The standard InChI is InChI=1S/C9H10NS.ClH3O4/c1-7-8(2)11-9-5-3-4-6-10(7)9;2-1(3,4)5/h3-6H,1-2H3;2-4H/q+1;. The number of hydrogen-bond donors (Lipinski definition) is 3. The molecule has 0 aliphatic carbocycles. The molecule has 0 saturated carbocycles. The fourth-order valence-electron chi connectivity index (χ4n) is 1.19. The molecule has 90 valence electrons. The molecule has 0 spiro atoms. The van der Waals surface area contributed by atoms with Crippen molar-refractivity contribution in [2.75, 3.05) is 0 Å². The molecule has 0 bridgehead atoms. The molecule has 5 nitrogen and oxygen atoms in total. The monoisotopic (exact) mass is 266 g/mol. The number of hydrogen-bond acceptors (Lipinski definition) is 5. The summed E-state index contributed by atoms with van der Waals surface area (Å²) in [6.45, 7) is 4.31. The van der Waals surface area contributed by atoms with Crippen LogP contribution >= 0.6 is 11.3 Å². The Morgan fingerprint density at radius 1 is 1.25 bits per heavy atom. The Morgan fingerprint density at radius 2 is 1.81 bits per heavy atom. The van der Waals surface area contributed by atoms with Gasteiger partial charge in [-0.15, -0.1) is 0 Å². The molecule has 16 heavy (non-hydrogen) atoms. The zero-order valence-corrected chi connectivity index (χ0v) is 10.4. The summed E-state index contributed by atoms with van der Waals surface area (Å²) in [4.78, 5) is 2.72. The Bertz CT molecular complexity index is 474. The van der Waals surface area contributed by atoms with Gasteiger partial charge in [-0.25, -0.2) is 0 Å². The van der Waals surface area contributed by atoms with Gasteiger partial charge in [-0.05, 0) is 13.0 Å². The van der Waals surface area contributed by atoms with Gasteiger partial charge in [-0.2, -0.15) is 4.40 Å². The Hall–Kier alpha value is -0.760. The first-order chi connectivity index (χ1) is 7.29. The minimum atomic E-state index is -4.19. The number of rotatable bonds is 0. The molecule has 0 aliphatic heterocycles. The fraction of sp³-hybridized carbons (Fsp3) is 0.222. The van der Waals surface area contributed by atoms with Crippen molar-refractivity contribution in [3.8, 4) is 0 Å². The van der Waals surface area contributed by atoms with Crippen molar-refractivity contribution in [1.82, 2.24) is 0 Å². The zero-order valence-electron chi connectivity index (χ0n) is 8.79. The molecule has 2 aromatic rings. The van der Waals surface area contributed by atoms with Crippen LogP contribution in [0, 0.1) is 24.1 Å². The van der Waals surface area contributed by atoms with E-state index in [1.165, 1.54) is 15.4 Å². The van der Waals surface area contributed by atoms with Crippen LogP contribution in [-0.4, -0.2) is 14.0 Å². The predicted octanol–water partition coefficient (Wildman–Crippen LogP) is -0.756. The normalized spacial score (nSPS) is 12.1. The van der Waals surface area contributed by atoms with Crippen LogP contribution in [0.5, 0.6) is 0 Å². The van der Waals surface area contributed by atoms with Crippen molar-refractivity contribution in [2.24, 2.45) is 0 Å². The molecule has 2 rings (SSSR count). The van der Waals surface area contributed by atoms with Crippen LogP contribution in [0.15, 0.2) is 24.4 Å². The van der Waals surface area contributed by atoms with Crippen LogP contribution in [0.4, 0.5) is 0 Å². The molecule has 0 radical (unpaired) electrons. The Balaban J connectivity index is 0.000000221. The van der Waals surface area contributed by atoms with Crippen LogP contribution in [0.25, 0.3) is 4.83 Å². The Labute approximate surface area is 98.6 Å². The number of aromatic nitrogens is 1. The first-order valence-corrected chi connectivity index (χ1v) is 6.45. The van der Waals surface area contributed by atoms with E-state index in [0.29, 0.717) is 0 Å². The van der Waals surface area contributed by atoms with E-state index in [4.69, 9.17) is 18.6 Å². The van der Waals surface area contributed by atoms with E-state index in [-0.39, 0.29) is 0 Å². The number of nitrogens with zero attached hydrogens (tertiary/aromatic N) is 1. The summed E-state index contributed by atoms with van der Waals surface area (Å²) < 4.78 is 32.4. The molecule has 0 amide bonds. The van der Waals surface area contributed by atoms with Crippen molar-refractivity contribution < 1.29 is 33.3 Å². The molecule has 7 heteroatoms. The van der Waals surface area contributed by atoms with E-state index in [1.807, 2.05) is 11.3 Å². The predicted molar refractivity (Wildman–Crippen MR) is 53.6 cm³/mol. The third-order valence-corrected chi connectivity index (χ3v) is 3.09. The summed E-state index contributed by atoms with van der Waals surface area (Å²) in [7, 11) is -4.19. The molecule has 0 aromatic carbocycles. The number of thiazole rings is 1. The Kier molecular flexibility index (Phi) is 4.20. The second-order valence-corrected chi connectivity index (χ2v) is 5.19. The van der Waals surface area contributed by atoms with E-state index in [2.05, 4.69) is 42.6 Å². The van der Waals surface area contributed by atoms with E-state index >= 15 is 0 Å². The molecule has 0 saturated heterocycles. The maximum absolute atomic E-state index is 8.83. The summed E-state index contributed by atoms with van der Waals surface area (Å²) in [5.41, 5.74) is 1.35. The summed E-state index contributed by atoms with van der Waals surface area (Å²) in [5.74, 6) is 0. The molecule has 0 atom stereocenters. The molecular weight excluding hydrogens is 254 g/mol. The molecule has 0 aliphatic rings. The topological polar surface area (TPSA) is 87.9 Å². The SMILES string of the molecule is Cc1sc2cccc[n+]2c1C.[O-][Cl+](O)(O)O.